The van der Waals surface area contributed by atoms with Crippen LogP contribution in [0.2, 0.25) is 0 Å². The summed E-state index contributed by atoms with van der Waals surface area (Å²) in [6.07, 6.45) is 8.95. The van der Waals surface area contributed by atoms with Crippen molar-refractivity contribution in [2.24, 2.45) is 5.92 Å². The Morgan fingerprint density at radius 1 is 1.28 bits per heavy atom. The molecule has 0 bridgehead atoms. The Kier molecular flexibility index (Phi) is 5.14. The first-order chi connectivity index (χ1) is 12.3. The number of aliphatic hydroxyl groups is 1. The number of hydrogen-bond donors (Lipinski definition) is 2. The van der Waals surface area contributed by atoms with E-state index in [1.807, 2.05) is 16.9 Å². The molecule has 2 fully saturated rings. The van der Waals surface area contributed by atoms with Crippen LogP contribution in [0.1, 0.15) is 43.3 Å². The normalized spacial score (nSPS) is 27.8. The average Bonchev–Trinajstić information content (AvgIpc) is 3.36. The first-order valence-electron chi connectivity index (χ1n) is 9.19. The molecular weight excluding hydrogens is 320 g/mol. The first kappa shape index (κ1) is 16.8. The molecule has 2 aromatic rings. The van der Waals surface area contributed by atoms with Crippen LogP contribution in [0.25, 0.3) is 0 Å². The lowest BCUT2D eigenvalue weighted by Gasteiger charge is -2.19. The van der Waals surface area contributed by atoms with E-state index in [4.69, 9.17) is 9.15 Å². The number of aliphatic hydroxyl groups excluding tert-OH is 1. The van der Waals surface area contributed by atoms with Gasteiger partial charge in [0.2, 0.25) is 0 Å². The highest BCUT2D eigenvalue weighted by atomic mass is 16.5. The molecule has 2 aromatic heterocycles. The van der Waals surface area contributed by atoms with E-state index < -0.39 is 0 Å². The lowest BCUT2D eigenvalue weighted by Crippen LogP contribution is -2.35. The quantitative estimate of drug-likeness (QED) is 0.828. The fourth-order valence-corrected chi connectivity index (χ4v) is 3.93. The SMILES string of the molecule is O[C@@H]1CC(Cn2cccn2)C[C@H]1NCc1cnc(C2CCOCC2)o1. The number of ether oxygens (including phenoxy) is 1. The maximum Gasteiger partial charge on any atom is 0.197 e. The Labute approximate surface area is 147 Å². The highest BCUT2D eigenvalue weighted by Gasteiger charge is 2.33. The Morgan fingerprint density at radius 2 is 2.16 bits per heavy atom. The van der Waals surface area contributed by atoms with E-state index in [1.54, 1.807) is 12.4 Å². The number of nitrogens with one attached hydrogen (secondary N) is 1. The zero-order valence-corrected chi connectivity index (χ0v) is 14.4. The summed E-state index contributed by atoms with van der Waals surface area (Å²) in [5.74, 6) is 2.48. The van der Waals surface area contributed by atoms with Crippen molar-refractivity contribution >= 4 is 0 Å². The van der Waals surface area contributed by atoms with Gasteiger partial charge in [-0.2, -0.15) is 5.10 Å². The number of oxazole rings is 1. The zero-order valence-electron chi connectivity index (χ0n) is 14.4. The molecule has 1 saturated carbocycles. The van der Waals surface area contributed by atoms with Crippen LogP contribution in [-0.2, 0) is 17.8 Å². The molecule has 1 unspecified atom stereocenters. The number of rotatable bonds is 6. The lowest BCUT2D eigenvalue weighted by molar-refractivity contribution is 0.0790. The molecule has 136 valence electrons. The standard InChI is InChI=1S/C18H26N4O3/c23-17-9-13(12-22-5-1-4-21-22)8-16(17)19-10-15-11-20-18(25-15)14-2-6-24-7-3-14/h1,4-5,11,13-14,16-17,19,23H,2-3,6-10,12H2/t13?,16-,17-/m1/s1. The molecule has 0 spiro atoms. The molecule has 4 rings (SSSR count). The molecule has 3 atom stereocenters. The summed E-state index contributed by atoms with van der Waals surface area (Å²) in [6.45, 7) is 3.03. The maximum absolute atomic E-state index is 10.3. The van der Waals surface area contributed by atoms with E-state index in [1.165, 1.54) is 0 Å². The van der Waals surface area contributed by atoms with Gasteiger partial charge in [0, 0.05) is 44.1 Å². The number of nitrogens with zero attached hydrogens (tertiary/aromatic N) is 3. The Morgan fingerprint density at radius 3 is 2.96 bits per heavy atom. The van der Waals surface area contributed by atoms with Gasteiger partial charge in [0.05, 0.1) is 18.8 Å². The summed E-state index contributed by atoms with van der Waals surface area (Å²) in [5.41, 5.74) is 0. The second kappa shape index (κ2) is 7.68. The van der Waals surface area contributed by atoms with Gasteiger partial charge >= 0.3 is 0 Å². The zero-order chi connectivity index (χ0) is 17.1. The summed E-state index contributed by atoms with van der Waals surface area (Å²) >= 11 is 0. The van der Waals surface area contributed by atoms with Gasteiger partial charge in [0.15, 0.2) is 5.89 Å². The van der Waals surface area contributed by atoms with E-state index in [9.17, 15) is 5.11 Å². The third-order valence-corrected chi connectivity index (χ3v) is 5.31. The van der Waals surface area contributed by atoms with Gasteiger partial charge in [-0.25, -0.2) is 4.98 Å². The van der Waals surface area contributed by atoms with Crippen LogP contribution < -0.4 is 5.32 Å². The minimum Gasteiger partial charge on any atom is -0.444 e. The molecule has 0 radical (unpaired) electrons. The van der Waals surface area contributed by atoms with Crippen molar-refractivity contribution in [1.82, 2.24) is 20.1 Å². The van der Waals surface area contributed by atoms with E-state index in [2.05, 4.69) is 15.4 Å². The van der Waals surface area contributed by atoms with Crippen LogP contribution in [0, 0.1) is 5.92 Å². The van der Waals surface area contributed by atoms with Gasteiger partial charge in [0.25, 0.3) is 0 Å². The van der Waals surface area contributed by atoms with Gasteiger partial charge in [-0.15, -0.1) is 0 Å². The van der Waals surface area contributed by atoms with Crippen LogP contribution in [0.3, 0.4) is 0 Å². The predicted molar refractivity (Wildman–Crippen MR) is 90.9 cm³/mol. The van der Waals surface area contributed by atoms with E-state index in [0.29, 0.717) is 18.4 Å². The van der Waals surface area contributed by atoms with Gasteiger partial charge < -0.3 is 19.6 Å². The third-order valence-electron chi connectivity index (χ3n) is 5.31. The van der Waals surface area contributed by atoms with Crippen LogP contribution in [0.15, 0.2) is 29.1 Å². The van der Waals surface area contributed by atoms with Crippen molar-refractivity contribution < 1.29 is 14.3 Å². The van der Waals surface area contributed by atoms with Crippen LogP contribution in [0.5, 0.6) is 0 Å². The van der Waals surface area contributed by atoms with Crippen molar-refractivity contribution in [3.05, 3.63) is 36.3 Å². The smallest absolute Gasteiger partial charge is 0.197 e. The predicted octanol–water partition coefficient (Wildman–Crippen LogP) is 1.69. The van der Waals surface area contributed by atoms with Crippen molar-refractivity contribution in [2.45, 2.75) is 56.8 Å². The van der Waals surface area contributed by atoms with Crippen molar-refractivity contribution in [3.63, 3.8) is 0 Å². The first-order valence-corrected chi connectivity index (χ1v) is 9.19. The third kappa shape index (κ3) is 4.11. The second-order valence-corrected chi connectivity index (χ2v) is 7.17. The minimum atomic E-state index is -0.321. The highest BCUT2D eigenvalue weighted by molar-refractivity contribution is 5.01. The monoisotopic (exact) mass is 346 g/mol. The molecule has 7 heteroatoms. The fraction of sp³-hybridized carbons (Fsp3) is 0.667. The van der Waals surface area contributed by atoms with Crippen molar-refractivity contribution in [3.8, 4) is 0 Å². The van der Waals surface area contributed by atoms with E-state index >= 15 is 0 Å². The molecular formula is C18H26N4O3. The van der Waals surface area contributed by atoms with Gasteiger partial charge in [0.1, 0.15) is 5.76 Å². The van der Waals surface area contributed by atoms with Gasteiger partial charge in [-0.3, -0.25) is 4.68 Å². The minimum absolute atomic E-state index is 0.0946. The maximum atomic E-state index is 10.3. The number of hydrogen-bond acceptors (Lipinski definition) is 6. The summed E-state index contributed by atoms with van der Waals surface area (Å²) in [4.78, 5) is 4.43. The summed E-state index contributed by atoms with van der Waals surface area (Å²) in [5, 5.41) is 18.0. The molecule has 25 heavy (non-hydrogen) atoms. The average molecular weight is 346 g/mol. The number of aromatic nitrogens is 3. The molecule has 1 aliphatic heterocycles. The Balaban J connectivity index is 1.27. The molecule has 3 heterocycles. The Hall–Kier alpha value is -1.70. The molecule has 1 saturated heterocycles. The van der Waals surface area contributed by atoms with Gasteiger partial charge in [-0.1, -0.05) is 0 Å². The van der Waals surface area contributed by atoms with E-state index in [0.717, 1.165) is 57.1 Å². The van der Waals surface area contributed by atoms with E-state index in [-0.39, 0.29) is 12.1 Å². The largest absolute Gasteiger partial charge is 0.444 e. The Bertz CT molecular complexity index is 651. The molecule has 0 amide bonds. The van der Waals surface area contributed by atoms with Gasteiger partial charge in [-0.05, 0) is 37.7 Å². The van der Waals surface area contributed by atoms with Crippen LogP contribution in [0.4, 0.5) is 0 Å². The summed E-state index contributed by atoms with van der Waals surface area (Å²) < 4.78 is 13.2. The molecule has 0 aromatic carbocycles. The van der Waals surface area contributed by atoms with Crippen LogP contribution >= 0.6 is 0 Å². The lowest BCUT2D eigenvalue weighted by atomic mass is 10.0. The topological polar surface area (TPSA) is 85.3 Å². The van der Waals surface area contributed by atoms with Crippen molar-refractivity contribution in [1.29, 1.82) is 0 Å². The summed E-state index contributed by atoms with van der Waals surface area (Å²) in [6, 6.07) is 2.03. The molecule has 2 N–H and O–H groups in total. The fourth-order valence-electron chi connectivity index (χ4n) is 3.93. The highest BCUT2D eigenvalue weighted by Crippen LogP contribution is 2.29. The molecule has 1 aliphatic carbocycles. The second-order valence-electron chi connectivity index (χ2n) is 7.17. The van der Waals surface area contributed by atoms with Crippen LogP contribution in [-0.4, -0.2) is 45.2 Å². The van der Waals surface area contributed by atoms with Crippen molar-refractivity contribution in [2.75, 3.05) is 13.2 Å². The molecule has 7 nitrogen and oxygen atoms in total. The summed E-state index contributed by atoms with van der Waals surface area (Å²) in [7, 11) is 0. The molecule has 2 aliphatic rings.